The largest absolute Gasteiger partial charge is 1.00 e. The average molecular weight is 240 g/mol. The van der Waals surface area contributed by atoms with E-state index < -0.39 is 17.2 Å². The second-order valence-corrected chi connectivity index (χ2v) is 3.30. The molecule has 1 atom stereocenters. The van der Waals surface area contributed by atoms with E-state index in [9.17, 15) is 4.21 Å². The minimum atomic E-state index is -2.08. The molecular formula is C8H9NaO5S. The first-order valence-electron chi connectivity index (χ1n) is 3.51. The zero-order chi connectivity index (χ0) is 11.1. The number of hydrogen-bond acceptors (Lipinski definition) is 3. The monoisotopic (exact) mass is 240 g/mol. The van der Waals surface area contributed by atoms with E-state index in [-0.39, 0.29) is 29.6 Å². The summed E-state index contributed by atoms with van der Waals surface area (Å²) >= 11 is -1.84. The van der Waals surface area contributed by atoms with Gasteiger partial charge in [0.15, 0.2) is 11.1 Å². The van der Waals surface area contributed by atoms with Gasteiger partial charge in [-0.2, -0.15) is 0 Å². The second-order valence-electron chi connectivity index (χ2n) is 2.33. The second kappa shape index (κ2) is 8.87. The molecule has 78 valence electrons. The van der Waals surface area contributed by atoms with Crippen LogP contribution in [0.4, 0.5) is 4.79 Å². The predicted octanol–water partition coefficient (Wildman–Crippen LogP) is -2.53. The van der Waals surface area contributed by atoms with Gasteiger partial charge in [0, 0.05) is 0 Å². The van der Waals surface area contributed by atoms with Crippen LogP contribution in [0.25, 0.3) is 0 Å². The summed E-state index contributed by atoms with van der Waals surface area (Å²) in [5.41, 5.74) is 1.09. The van der Waals surface area contributed by atoms with E-state index >= 15 is 0 Å². The molecule has 0 fully saturated rings. The molecule has 0 radical (unpaired) electrons. The van der Waals surface area contributed by atoms with Crippen LogP contribution in [0.5, 0.6) is 0 Å². The fourth-order valence-electron chi connectivity index (χ4n) is 0.655. The Morgan fingerprint density at radius 3 is 1.93 bits per heavy atom. The summed E-state index contributed by atoms with van der Waals surface area (Å²) in [6.45, 7) is 1.93. The first-order valence-corrected chi connectivity index (χ1v) is 4.61. The summed E-state index contributed by atoms with van der Waals surface area (Å²) in [5.74, 6) is 0. The van der Waals surface area contributed by atoms with Crippen molar-refractivity contribution in [3.8, 4) is 0 Å². The Hall–Kier alpha value is -0.400. The molecule has 15 heavy (non-hydrogen) atoms. The molecule has 0 saturated carbocycles. The molecule has 0 bridgehead atoms. The van der Waals surface area contributed by atoms with Crippen LogP contribution < -0.4 is 34.7 Å². The Kier molecular flexibility index (Phi) is 10.1. The number of rotatable bonds is 1. The molecule has 1 rings (SSSR count). The van der Waals surface area contributed by atoms with Crippen LogP contribution in [0.2, 0.25) is 0 Å². The van der Waals surface area contributed by atoms with Crippen molar-refractivity contribution in [3.05, 3.63) is 29.8 Å². The smallest absolute Gasteiger partial charge is 0.565 e. The third-order valence-corrected chi connectivity index (χ3v) is 1.90. The molecule has 0 aliphatic carbocycles. The first-order chi connectivity index (χ1) is 6.43. The molecule has 0 spiro atoms. The average Bonchev–Trinajstić information content (AvgIpc) is 2.03. The Bertz CT molecular complexity index is 320. The van der Waals surface area contributed by atoms with E-state index in [1.165, 1.54) is 0 Å². The first kappa shape index (κ1) is 17.0. The van der Waals surface area contributed by atoms with Crippen molar-refractivity contribution in [1.82, 2.24) is 0 Å². The quantitative estimate of drug-likeness (QED) is 0.416. The Morgan fingerprint density at radius 2 is 1.67 bits per heavy atom. The minimum absolute atomic E-state index is 0. The van der Waals surface area contributed by atoms with Crippen molar-refractivity contribution in [2.75, 3.05) is 0 Å². The molecule has 1 unspecified atom stereocenters. The molecule has 0 saturated heterocycles. The van der Waals surface area contributed by atoms with Gasteiger partial charge in [0.05, 0.1) is 4.90 Å². The summed E-state index contributed by atoms with van der Waals surface area (Å²) in [4.78, 5) is 8.89. The van der Waals surface area contributed by atoms with Gasteiger partial charge in [-0.05, 0) is 19.1 Å². The molecule has 1 aromatic carbocycles. The van der Waals surface area contributed by atoms with Crippen LogP contribution in [-0.2, 0) is 11.1 Å². The van der Waals surface area contributed by atoms with E-state index in [0.29, 0.717) is 4.90 Å². The van der Waals surface area contributed by atoms with E-state index in [2.05, 4.69) is 0 Å². The number of carbonyl (C=O) groups is 1. The van der Waals surface area contributed by atoms with Crippen molar-refractivity contribution in [3.63, 3.8) is 0 Å². The molecule has 2 N–H and O–H groups in total. The van der Waals surface area contributed by atoms with Gasteiger partial charge >= 0.3 is 29.6 Å². The summed E-state index contributed by atoms with van der Waals surface area (Å²) in [6, 6.07) is 6.91. The van der Waals surface area contributed by atoms with E-state index in [1.807, 2.05) is 19.1 Å². The maximum absolute atomic E-state index is 10.4. The van der Waals surface area contributed by atoms with Gasteiger partial charge in [0.2, 0.25) is 6.16 Å². The molecular weight excluding hydrogens is 231 g/mol. The molecule has 0 aliphatic heterocycles. The normalized spacial score (nSPS) is 10.3. The van der Waals surface area contributed by atoms with Crippen molar-refractivity contribution in [2.45, 2.75) is 11.8 Å². The summed E-state index contributed by atoms with van der Waals surface area (Å²) in [7, 11) is 0. The SMILES string of the molecule is Cc1ccc(S(=O)O)cc1.O=C([O-])O.[Na+]. The van der Waals surface area contributed by atoms with Gasteiger partial charge in [-0.25, -0.2) is 4.21 Å². The van der Waals surface area contributed by atoms with Gasteiger partial charge in [0.1, 0.15) is 0 Å². The van der Waals surface area contributed by atoms with Crippen molar-refractivity contribution in [1.29, 1.82) is 0 Å². The third-order valence-electron chi connectivity index (χ3n) is 1.22. The van der Waals surface area contributed by atoms with Crippen LogP contribution >= 0.6 is 0 Å². The van der Waals surface area contributed by atoms with E-state index in [0.717, 1.165) is 5.56 Å². The van der Waals surface area contributed by atoms with Gasteiger partial charge in [-0.1, -0.05) is 17.7 Å². The molecule has 0 amide bonds. The topological polar surface area (TPSA) is 97.7 Å². The third kappa shape index (κ3) is 9.89. The molecule has 0 aromatic heterocycles. The summed E-state index contributed by atoms with van der Waals surface area (Å²) in [6.07, 6.45) is -2.08. The summed E-state index contributed by atoms with van der Waals surface area (Å²) in [5, 5.41) is 15.3. The van der Waals surface area contributed by atoms with Crippen molar-refractivity contribution in [2.24, 2.45) is 0 Å². The van der Waals surface area contributed by atoms with Crippen LogP contribution in [-0.4, -0.2) is 20.0 Å². The zero-order valence-electron chi connectivity index (χ0n) is 8.34. The number of hydrogen-bond donors (Lipinski definition) is 2. The minimum Gasteiger partial charge on any atom is -0.565 e. The molecule has 5 nitrogen and oxygen atoms in total. The maximum Gasteiger partial charge on any atom is 1.00 e. The van der Waals surface area contributed by atoms with Crippen LogP contribution in [0.3, 0.4) is 0 Å². The molecule has 0 aliphatic rings. The number of carboxylic acid groups (broad SMARTS) is 2. The maximum atomic E-state index is 10.4. The Balaban J connectivity index is 0. The van der Waals surface area contributed by atoms with Crippen LogP contribution in [0.15, 0.2) is 29.2 Å². The summed E-state index contributed by atoms with van der Waals surface area (Å²) < 4.78 is 19.0. The van der Waals surface area contributed by atoms with Crippen molar-refractivity contribution < 1.29 is 53.3 Å². The van der Waals surface area contributed by atoms with Gasteiger partial charge < -0.3 is 19.6 Å². The fourth-order valence-corrected chi connectivity index (χ4v) is 1.02. The molecule has 1 aromatic rings. The van der Waals surface area contributed by atoms with E-state index in [1.54, 1.807) is 12.1 Å². The predicted molar refractivity (Wildman–Crippen MR) is 48.2 cm³/mol. The van der Waals surface area contributed by atoms with Crippen LogP contribution in [0.1, 0.15) is 5.56 Å². The van der Waals surface area contributed by atoms with Gasteiger partial charge in [-0.3, -0.25) is 0 Å². The van der Waals surface area contributed by atoms with Crippen LogP contribution in [0, 0.1) is 6.92 Å². The zero-order valence-corrected chi connectivity index (χ0v) is 11.2. The Morgan fingerprint density at radius 1 is 1.33 bits per heavy atom. The van der Waals surface area contributed by atoms with Gasteiger partial charge in [-0.15, -0.1) is 0 Å². The molecule has 7 heteroatoms. The Labute approximate surface area is 112 Å². The molecule has 0 heterocycles. The van der Waals surface area contributed by atoms with Crippen molar-refractivity contribution >= 4 is 17.2 Å². The van der Waals surface area contributed by atoms with Gasteiger partial charge in [0.25, 0.3) is 0 Å². The number of benzene rings is 1. The van der Waals surface area contributed by atoms with E-state index in [4.69, 9.17) is 19.6 Å². The standard InChI is InChI=1S/C7H8O2S.CH2O3.Na/c1-6-2-4-7(5-3-6)10(8)9;2-1(3)4;/h2-5H,1H3,(H,8,9);(H2,2,3,4);/q;;+1/p-1. The number of aryl methyl sites for hydroxylation is 1. The fraction of sp³-hybridized carbons (Fsp3) is 0.125.